The Hall–Kier alpha value is -2.50. The highest BCUT2D eigenvalue weighted by Gasteiger charge is 2.36. The summed E-state index contributed by atoms with van der Waals surface area (Å²) in [5, 5.41) is 9.14. The Morgan fingerprint density at radius 2 is 1.76 bits per heavy atom. The van der Waals surface area contributed by atoms with E-state index in [0.717, 1.165) is 12.1 Å². The lowest BCUT2D eigenvalue weighted by Crippen LogP contribution is -2.15. The van der Waals surface area contributed by atoms with Crippen molar-refractivity contribution in [2.75, 3.05) is 0 Å². The molecule has 0 saturated carbocycles. The van der Waals surface area contributed by atoms with Gasteiger partial charge in [-0.05, 0) is 23.8 Å². The van der Waals surface area contributed by atoms with Crippen molar-refractivity contribution in [3.05, 3.63) is 65.2 Å². The molecule has 0 radical (unpaired) electrons. The summed E-state index contributed by atoms with van der Waals surface area (Å²) in [7, 11) is 0. The van der Waals surface area contributed by atoms with Crippen LogP contribution >= 0.6 is 0 Å². The molecule has 0 aliphatic heterocycles. The van der Waals surface area contributed by atoms with E-state index in [0.29, 0.717) is 11.6 Å². The molecule has 21 heavy (non-hydrogen) atoms. The van der Waals surface area contributed by atoms with Crippen LogP contribution in [0.4, 0.5) is 13.2 Å². The summed E-state index contributed by atoms with van der Waals surface area (Å²) in [5.74, 6) is -1.66. The standard InChI is InChI=1S/C15H11F3O3/c16-15(17,18)13-8-11(19)6-7-12(13)14(20)21-9-10-4-2-1-3-5-10/h1-8,19H,9H2. The van der Waals surface area contributed by atoms with Crippen LogP contribution < -0.4 is 0 Å². The highest BCUT2D eigenvalue weighted by Crippen LogP contribution is 2.34. The quantitative estimate of drug-likeness (QED) is 0.877. The number of aromatic hydroxyl groups is 1. The molecule has 0 atom stereocenters. The maximum Gasteiger partial charge on any atom is 0.417 e. The third kappa shape index (κ3) is 3.75. The molecular weight excluding hydrogens is 285 g/mol. The van der Waals surface area contributed by atoms with Crippen molar-refractivity contribution in [2.45, 2.75) is 12.8 Å². The SMILES string of the molecule is O=C(OCc1ccccc1)c1ccc(O)cc1C(F)(F)F. The van der Waals surface area contributed by atoms with Crippen molar-refractivity contribution >= 4 is 5.97 Å². The van der Waals surface area contributed by atoms with E-state index < -0.39 is 29.0 Å². The van der Waals surface area contributed by atoms with E-state index in [1.165, 1.54) is 0 Å². The van der Waals surface area contributed by atoms with Crippen LogP contribution in [-0.4, -0.2) is 11.1 Å². The van der Waals surface area contributed by atoms with E-state index in [1.54, 1.807) is 30.3 Å². The fourth-order valence-corrected chi connectivity index (χ4v) is 1.75. The number of hydrogen-bond donors (Lipinski definition) is 1. The molecule has 0 saturated heterocycles. The van der Waals surface area contributed by atoms with Crippen molar-refractivity contribution < 1.29 is 27.8 Å². The van der Waals surface area contributed by atoms with Crippen LogP contribution in [0.25, 0.3) is 0 Å². The van der Waals surface area contributed by atoms with Gasteiger partial charge in [-0.3, -0.25) is 0 Å². The van der Waals surface area contributed by atoms with E-state index in [9.17, 15) is 18.0 Å². The minimum atomic E-state index is -4.75. The molecule has 0 aliphatic carbocycles. The molecule has 0 amide bonds. The van der Waals surface area contributed by atoms with Crippen LogP contribution in [0.3, 0.4) is 0 Å². The summed E-state index contributed by atoms with van der Waals surface area (Å²) in [4.78, 5) is 11.8. The lowest BCUT2D eigenvalue weighted by molar-refractivity contribution is -0.138. The van der Waals surface area contributed by atoms with Crippen molar-refractivity contribution in [3.8, 4) is 5.75 Å². The maximum absolute atomic E-state index is 12.8. The van der Waals surface area contributed by atoms with Crippen LogP contribution in [0, 0.1) is 0 Å². The first-order valence-corrected chi connectivity index (χ1v) is 5.99. The molecule has 2 aromatic carbocycles. The van der Waals surface area contributed by atoms with Gasteiger partial charge in [-0.25, -0.2) is 4.79 Å². The minimum Gasteiger partial charge on any atom is -0.508 e. The smallest absolute Gasteiger partial charge is 0.417 e. The van der Waals surface area contributed by atoms with Gasteiger partial charge in [-0.2, -0.15) is 13.2 Å². The Labute approximate surface area is 118 Å². The number of rotatable bonds is 3. The lowest BCUT2D eigenvalue weighted by atomic mass is 10.1. The molecule has 0 unspecified atom stereocenters. The van der Waals surface area contributed by atoms with Crippen molar-refractivity contribution in [1.29, 1.82) is 0 Å². The molecule has 2 rings (SSSR count). The van der Waals surface area contributed by atoms with Gasteiger partial charge in [0.1, 0.15) is 12.4 Å². The summed E-state index contributed by atoms with van der Waals surface area (Å²) in [6.45, 7) is -0.127. The average Bonchev–Trinajstić information content (AvgIpc) is 2.45. The summed E-state index contributed by atoms with van der Waals surface area (Å²) in [6, 6.07) is 11.0. The summed E-state index contributed by atoms with van der Waals surface area (Å²) in [5.41, 5.74) is -1.19. The molecule has 110 valence electrons. The van der Waals surface area contributed by atoms with Gasteiger partial charge >= 0.3 is 12.1 Å². The van der Waals surface area contributed by atoms with Crippen molar-refractivity contribution in [2.24, 2.45) is 0 Å². The molecule has 0 spiro atoms. The monoisotopic (exact) mass is 296 g/mol. The number of alkyl halides is 3. The molecule has 0 aliphatic rings. The Morgan fingerprint density at radius 1 is 1.10 bits per heavy atom. The molecular formula is C15H11F3O3. The third-order valence-corrected chi connectivity index (χ3v) is 2.74. The van der Waals surface area contributed by atoms with E-state index in [4.69, 9.17) is 9.84 Å². The van der Waals surface area contributed by atoms with E-state index >= 15 is 0 Å². The second-order valence-electron chi connectivity index (χ2n) is 4.29. The highest BCUT2D eigenvalue weighted by molar-refractivity contribution is 5.91. The fraction of sp³-hybridized carbons (Fsp3) is 0.133. The normalized spacial score (nSPS) is 11.2. The average molecular weight is 296 g/mol. The Morgan fingerprint density at radius 3 is 2.38 bits per heavy atom. The molecule has 6 heteroatoms. The first-order chi connectivity index (χ1) is 9.88. The van der Waals surface area contributed by atoms with Crippen LogP contribution in [-0.2, 0) is 17.5 Å². The second-order valence-corrected chi connectivity index (χ2v) is 4.29. The van der Waals surface area contributed by atoms with Crippen molar-refractivity contribution in [3.63, 3.8) is 0 Å². The van der Waals surface area contributed by atoms with Gasteiger partial charge in [0, 0.05) is 0 Å². The Bertz CT molecular complexity index is 636. The fourth-order valence-electron chi connectivity index (χ4n) is 1.75. The number of phenols is 1. The number of carbonyl (C=O) groups is 1. The first-order valence-electron chi connectivity index (χ1n) is 5.99. The van der Waals surface area contributed by atoms with Crippen LogP contribution in [0.15, 0.2) is 48.5 Å². The zero-order valence-corrected chi connectivity index (χ0v) is 10.7. The zero-order chi connectivity index (χ0) is 15.5. The Balaban J connectivity index is 2.20. The lowest BCUT2D eigenvalue weighted by Gasteiger charge is -2.12. The largest absolute Gasteiger partial charge is 0.508 e. The van der Waals surface area contributed by atoms with Gasteiger partial charge in [0.05, 0.1) is 11.1 Å². The van der Waals surface area contributed by atoms with Gasteiger partial charge < -0.3 is 9.84 Å². The maximum atomic E-state index is 12.8. The number of esters is 1. The van der Waals surface area contributed by atoms with E-state index in [1.807, 2.05) is 0 Å². The minimum absolute atomic E-state index is 0.127. The molecule has 0 aromatic heterocycles. The van der Waals surface area contributed by atoms with Crippen molar-refractivity contribution in [1.82, 2.24) is 0 Å². The topological polar surface area (TPSA) is 46.5 Å². The van der Waals surface area contributed by atoms with E-state index in [-0.39, 0.29) is 6.61 Å². The molecule has 1 N–H and O–H groups in total. The van der Waals surface area contributed by atoms with Crippen LogP contribution in [0.5, 0.6) is 5.75 Å². The van der Waals surface area contributed by atoms with Crippen LogP contribution in [0.2, 0.25) is 0 Å². The summed E-state index contributed by atoms with van der Waals surface area (Å²) < 4.78 is 43.4. The number of hydrogen-bond acceptors (Lipinski definition) is 3. The summed E-state index contributed by atoms with van der Waals surface area (Å²) in [6.07, 6.45) is -4.75. The summed E-state index contributed by atoms with van der Waals surface area (Å²) >= 11 is 0. The zero-order valence-electron chi connectivity index (χ0n) is 10.7. The predicted octanol–water partition coefficient (Wildman–Crippen LogP) is 3.77. The van der Waals surface area contributed by atoms with Gasteiger partial charge in [0.25, 0.3) is 0 Å². The second kappa shape index (κ2) is 5.87. The van der Waals surface area contributed by atoms with E-state index in [2.05, 4.69) is 0 Å². The highest BCUT2D eigenvalue weighted by atomic mass is 19.4. The van der Waals surface area contributed by atoms with Crippen LogP contribution in [0.1, 0.15) is 21.5 Å². The molecule has 3 nitrogen and oxygen atoms in total. The van der Waals surface area contributed by atoms with Gasteiger partial charge in [-0.1, -0.05) is 30.3 Å². The molecule has 2 aromatic rings. The molecule has 0 fully saturated rings. The molecule has 0 bridgehead atoms. The van der Waals surface area contributed by atoms with Gasteiger partial charge in [-0.15, -0.1) is 0 Å². The van der Waals surface area contributed by atoms with Gasteiger partial charge in [0.2, 0.25) is 0 Å². The molecule has 0 heterocycles. The number of ether oxygens (including phenoxy) is 1. The number of benzene rings is 2. The predicted molar refractivity (Wildman–Crippen MR) is 68.7 cm³/mol. The number of phenolic OH excluding ortho intramolecular Hbond substituents is 1. The number of carbonyl (C=O) groups excluding carboxylic acids is 1. The Kier molecular flexibility index (Phi) is 4.16. The van der Waals surface area contributed by atoms with Gasteiger partial charge in [0.15, 0.2) is 0 Å². The third-order valence-electron chi connectivity index (χ3n) is 2.74. The first kappa shape index (κ1) is 14.9. The number of halogens is 3.